The summed E-state index contributed by atoms with van der Waals surface area (Å²) in [6.45, 7) is 10.5. The maximum atomic E-state index is 12.9. The first-order valence-electron chi connectivity index (χ1n) is 10.8. The van der Waals surface area contributed by atoms with Gasteiger partial charge in [-0.2, -0.15) is 0 Å². The fraction of sp³-hybridized carbons (Fsp3) is 0.762. The van der Waals surface area contributed by atoms with Gasteiger partial charge < -0.3 is 32.5 Å². The van der Waals surface area contributed by atoms with Crippen molar-refractivity contribution >= 4 is 29.6 Å². The predicted octanol–water partition coefficient (Wildman–Crippen LogP) is -0.524. The highest BCUT2D eigenvalue weighted by Gasteiger charge is 2.32. The van der Waals surface area contributed by atoms with Gasteiger partial charge in [0.15, 0.2) is 0 Å². The van der Waals surface area contributed by atoms with E-state index in [1.807, 2.05) is 13.8 Å². The number of hydrogen-bond donors (Lipinski definition) is 6. The Morgan fingerprint density at radius 1 is 0.781 bits per heavy atom. The Morgan fingerprint density at radius 2 is 1.28 bits per heavy atom. The van der Waals surface area contributed by atoms with E-state index in [1.54, 1.807) is 27.7 Å². The number of carboxylic acid groups (broad SMARTS) is 1. The van der Waals surface area contributed by atoms with E-state index in [2.05, 4.69) is 16.0 Å². The number of carbonyl (C=O) groups excluding carboxylic acids is 4. The van der Waals surface area contributed by atoms with Gasteiger partial charge in [0.25, 0.3) is 0 Å². The number of nitrogens with one attached hydrogen (secondary N) is 3. The van der Waals surface area contributed by atoms with Crippen LogP contribution in [0.1, 0.15) is 60.8 Å². The highest BCUT2D eigenvalue weighted by Crippen LogP contribution is 2.09. The second-order valence-corrected chi connectivity index (χ2v) is 9.10. The van der Waals surface area contributed by atoms with Crippen LogP contribution in [-0.4, -0.2) is 58.9 Å². The summed E-state index contributed by atoms with van der Waals surface area (Å²) in [5.41, 5.74) is 11.1. The SMILES string of the molecule is CC(C)CC(N)C(=O)NC(C(=O)NC(CCC(N)=O)C(=O)NC(C(=O)O)C(C)C)C(C)C. The number of primary amides is 1. The molecule has 11 heteroatoms. The number of amides is 4. The van der Waals surface area contributed by atoms with Gasteiger partial charge in [0.1, 0.15) is 18.1 Å². The molecule has 0 aliphatic rings. The van der Waals surface area contributed by atoms with Gasteiger partial charge in [-0.15, -0.1) is 0 Å². The van der Waals surface area contributed by atoms with Gasteiger partial charge in [-0.05, 0) is 30.6 Å². The summed E-state index contributed by atoms with van der Waals surface area (Å²) in [4.78, 5) is 60.6. The van der Waals surface area contributed by atoms with Gasteiger partial charge in [-0.1, -0.05) is 41.5 Å². The quantitative estimate of drug-likeness (QED) is 0.202. The minimum atomic E-state index is -1.22. The van der Waals surface area contributed by atoms with Crippen molar-refractivity contribution in [2.24, 2.45) is 29.2 Å². The maximum absolute atomic E-state index is 12.9. The van der Waals surface area contributed by atoms with E-state index in [9.17, 15) is 29.1 Å². The predicted molar refractivity (Wildman–Crippen MR) is 119 cm³/mol. The van der Waals surface area contributed by atoms with Gasteiger partial charge in [-0.25, -0.2) is 4.79 Å². The molecule has 11 nitrogen and oxygen atoms in total. The second-order valence-electron chi connectivity index (χ2n) is 9.10. The second kappa shape index (κ2) is 13.7. The molecule has 0 spiro atoms. The molecule has 0 saturated heterocycles. The third-order valence-electron chi connectivity index (χ3n) is 4.85. The van der Waals surface area contributed by atoms with Crippen LogP contribution in [0.15, 0.2) is 0 Å². The number of carbonyl (C=O) groups is 5. The van der Waals surface area contributed by atoms with Crippen molar-refractivity contribution < 1.29 is 29.1 Å². The summed E-state index contributed by atoms with van der Waals surface area (Å²) in [5, 5.41) is 16.8. The topological polar surface area (TPSA) is 194 Å². The zero-order valence-electron chi connectivity index (χ0n) is 19.8. The summed E-state index contributed by atoms with van der Waals surface area (Å²) in [7, 11) is 0. The van der Waals surface area contributed by atoms with Crippen LogP contribution in [0.25, 0.3) is 0 Å². The van der Waals surface area contributed by atoms with Gasteiger partial charge >= 0.3 is 5.97 Å². The molecule has 0 bridgehead atoms. The van der Waals surface area contributed by atoms with E-state index >= 15 is 0 Å². The molecule has 4 atom stereocenters. The summed E-state index contributed by atoms with van der Waals surface area (Å²) < 4.78 is 0. The Bertz CT molecular complexity index is 680. The van der Waals surface area contributed by atoms with Gasteiger partial charge in [-0.3, -0.25) is 19.2 Å². The summed E-state index contributed by atoms with van der Waals surface area (Å²) in [6, 6.07) is -4.16. The molecule has 32 heavy (non-hydrogen) atoms. The molecular formula is C21H39N5O6. The molecule has 0 saturated carbocycles. The third-order valence-corrected chi connectivity index (χ3v) is 4.85. The Hall–Kier alpha value is -2.69. The number of hydrogen-bond acceptors (Lipinski definition) is 6. The van der Waals surface area contributed by atoms with Crippen LogP contribution < -0.4 is 27.4 Å². The van der Waals surface area contributed by atoms with Crippen LogP contribution in [0.2, 0.25) is 0 Å². The zero-order valence-corrected chi connectivity index (χ0v) is 19.8. The van der Waals surface area contributed by atoms with Crippen LogP contribution in [-0.2, 0) is 24.0 Å². The molecule has 184 valence electrons. The highest BCUT2D eigenvalue weighted by atomic mass is 16.4. The molecule has 0 aliphatic heterocycles. The summed E-state index contributed by atoms with van der Waals surface area (Å²) >= 11 is 0. The molecule has 4 amide bonds. The summed E-state index contributed by atoms with van der Waals surface area (Å²) in [6.07, 6.45) is 0.117. The van der Waals surface area contributed by atoms with Gasteiger partial charge in [0.2, 0.25) is 23.6 Å². The van der Waals surface area contributed by atoms with Crippen LogP contribution in [0.3, 0.4) is 0 Å². The largest absolute Gasteiger partial charge is 0.480 e. The standard InChI is InChI=1S/C21H39N5O6/c1-10(2)9-13(22)18(28)25-16(11(3)4)20(30)24-14(7-8-15(23)27)19(29)26-17(12(5)6)21(31)32/h10-14,16-17H,7-9,22H2,1-6H3,(H2,23,27)(H,24,30)(H,25,28)(H,26,29)(H,31,32). The number of carboxylic acids is 1. The molecule has 0 aromatic heterocycles. The van der Waals surface area contributed by atoms with Crippen molar-refractivity contribution in [2.75, 3.05) is 0 Å². The lowest BCUT2D eigenvalue weighted by atomic mass is 9.99. The van der Waals surface area contributed by atoms with Crippen LogP contribution in [0.4, 0.5) is 0 Å². The van der Waals surface area contributed by atoms with E-state index in [-0.39, 0.29) is 24.7 Å². The lowest BCUT2D eigenvalue weighted by Crippen LogP contribution is -2.59. The minimum absolute atomic E-state index is 0.122. The smallest absolute Gasteiger partial charge is 0.326 e. The Morgan fingerprint density at radius 3 is 1.69 bits per heavy atom. The molecule has 0 aliphatic carbocycles. The Labute approximate surface area is 189 Å². The average molecular weight is 458 g/mol. The van der Waals surface area contributed by atoms with E-state index in [4.69, 9.17) is 11.5 Å². The van der Waals surface area contributed by atoms with E-state index in [0.717, 1.165) is 0 Å². The van der Waals surface area contributed by atoms with Crippen molar-refractivity contribution in [1.29, 1.82) is 0 Å². The Kier molecular flexibility index (Phi) is 12.5. The maximum Gasteiger partial charge on any atom is 0.326 e. The molecule has 4 unspecified atom stereocenters. The zero-order chi connectivity index (χ0) is 25.2. The van der Waals surface area contributed by atoms with E-state index in [0.29, 0.717) is 6.42 Å². The minimum Gasteiger partial charge on any atom is -0.480 e. The first kappa shape index (κ1) is 29.3. The van der Waals surface area contributed by atoms with Crippen molar-refractivity contribution in [2.45, 2.75) is 85.0 Å². The van der Waals surface area contributed by atoms with E-state index in [1.165, 1.54) is 0 Å². The van der Waals surface area contributed by atoms with Gasteiger partial charge in [0, 0.05) is 6.42 Å². The lowest BCUT2D eigenvalue weighted by molar-refractivity contribution is -0.143. The monoisotopic (exact) mass is 457 g/mol. The van der Waals surface area contributed by atoms with Crippen molar-refractivity contribution in [3.63, 3.8) is 0 Å². The first-order valence-corrected chi connectivity index (χ1v) is 10.8. The third kappa shape index (κ3) is 10.6. The number of nitrogens with two attached hydrogens (primary N) is 2. The molecule has 0 heterocycles. The normalized spacial score (nSPS) is 15.1. The van der Waals surface area contributed by atoms with Gasteiger partial charge in [0.05, 0.1) is 6.04 Å². The molecule has 0 aromatic rings. The van der Waals surface area contributed by atoms with Crippen molar-refractivity contribution in [1.82, 2.24) is 16.0 Å². The molecule has 0 aromatic carbocycles. The fourth-order valence-electron chi connectivity index (χ4n) is 2.99. The van der Waals surface area contributed by atoms with Crippen LogP contribution >= 0.6 is 0 Å². The fourth-order valence-corrected chi connectivity index (χ4v) is 2.99. The van der Waals surface area contributed by atoms with Crippen LogP contribution in [0.5, 0.6) is 0 Å². The number of aliphatic carboxylic acids is 1. The van der Waals surface area contributed by atoms with Crippen LogP contribution in [0, 0.1) is 17.8 Å². The lowest BCUT2D eigenvalue weighted by Gasteiger charge is -2.27. The molecule has 0 fully saturated rings. The summed E-state index contributed by atoms with van der Waals surface area (Å²) in [5.74, 6) is -4.34. The van der Waals surface area contributed by atoms with Crippen molar-refractivity contribution in [3.05, 3.63) is 0 Å². The highest BCUT2D eigenvalue weighted by molar-refractivity contribution is 5.94. The van der Waals surface area contributed by atoms with Crippen molar-refractivity contribution in [3.8, 4) is 0 Å². The Balaban J connectivity index is 5.48. The first-order chi connectivity index (χ1) is 14.7. The average Bonchev–Trinajstić information content (AvgIpc) is 2.65. The number of rotatable bonds is 14. The molecular weight excluding hydrogens is 418 g/mol. The molecule has 0 radical (unpaired) electrons. The molecule has 0 rings (SSSR count). The van der Waals surface area contributed by atoms with E-state index < -0.39 is 59.7 Å². The molecule has 8 N–H and O–H groups in total.